The second-order valence-corrected chi connectivity index (χ2v) is 10.1. The molecule has 0 unspecified atom stereocenters. The topological polar surface area (TPSA) is 61.7 Å². The molecule has 0 aliphatic carbocycles. The van der Waals surface area contributed by atoms with Crippen molar-refractivity contribution in [2.75, 3.05) is 38.1 Å². The number of likely N-dealkylation sites (tertiary alicyclic amines) is 2. The number of aromatic nitrogens is 2. The molecule has 35 heavy (non-hydrogen) atoms. The van der Waals surface area contributed by atoms with E-state index in [1.54, 1.807) is 19.4 Å². The van der Waals surface area contributed by atoms with Gasteiger partial charge in [0, 0.05) is 46.7 Å². The predicted molar refractivity (Wildman–Crippen MR) is 137 cm³/mol. The molecule has 0 bridgehead atoms. The van der Waals surface area contributed by atoms with Gasteiger partial charge in [-0.05, 0) is 47.4 Å². The van der Waals surface area contributed by atoms with Gasteiger partial charge >= 0.3 is 6.03 Å². The molecule has 3 heterocycles. The van der Waals surface area contributed by atoms with E-state index in [0.29, 0.717) is 11.1 Å². The van der Waals surface area contributed by atoms with Crippen LogP contribution in [0.4, 0.5) is 10.5 Å². The molecule has 1 spiro atoms. The molecule has 0 atom stereocenters. The Morgan fingerprint density at radius 2 is 1.74 bits per heavy atom. The lowest BCUT2D eigenvalue weighted by molar-refractivity contribution is -0.116. The van der Waals surface area contributed by atoms with E-state index in [0.717, 1.165) is 45.6 Å². The summed E-state index contributed by atoms with van der Waals surface area (Å²) in [4.78, 5) is 30.4. The molecule has 2 amide bonds. The Morgan fingerprint density at radius 1 is 1.03 bits per heavy atom. The number of anilines is 1. The van der Waals surface area contributed by atoms with E-state index in [1.807, 2.05) is 11.0 Å². The maximum atomic E-state index is 12.9. The lowest BCUT2D eigenvalue weighted by Gasteiger charge is -2.54. The van der Waals surface area contributed by atoms with Crippen LogP contribution < -0.4 is 4.90 Å². The van der Waals surface area contributed by atoms with Crippen LogP contribution in [0, 0.1) is 12.3 Å². The second kappa shape index (κ2) is 9.30. The molecule has 2 aliphatic heterocycles. The third-order valence-corrected chi connectivity index (χ3v) is 7.68. The van der Waals surface area contributed by atoms with E-state index in [-0.39, 0.29) is 11.9 Å². The summed E-state index contributed by atoms with van der Waals surface area (Å²) in [5.74, 6) is -0.0891. The molecule has 2 fully saturated rings. The van der Waals surface area contributed by atoms with Gasteiger partial charge in [-0.15, -0.1) is 0 Å². The summed E-state index contributed by atoms with van der Waals surface area (Å²) in [6.45, 7) is 8.34. The molecule has 2 aliphatic rings. The lowest BCUT2D eigenvalue weighted by atomic mass is 9.72. The maximum absolute atomic E-state index is 12.9. The summed E-state index contributed by atoms with van der Waals surface area (Å²) in [6.07, 6.45) is 5.22. The minimum absolute atomic E-state index is 0.0891. The first-order valence-electron chi connectivity index (χ1n) is 12.3. The number of carbonyl (C=O) groups excluding carboxylic acids is 2. The van der Waals surface area contributed by atoms with Crippen molar-refractivity contribution >= 4 is 17.6 Å². The van der Waals surface area contributed by atoms with Gasteiger partial charge in [-0.2, -0.15) is 9.78 Å². The largest absolute Gasteiger partial charge is 0.344 e. The van der Waals surface area contributed by atoms with E-state index in [9.17, 15) is 9.59 Å². The van der Waals surface area contributed by atoms with Crippen LogP contribution in [0.15, 0.2) is 60.9 Å². The zero-order valence-electron chi connectivity index (χ0n) is 20.8. The fraction of sp³-hybridized carbons (Fsp3) is 0.393. The average Bonchev–Trinajstić information content (AvgIpc) is 3.34. The van der Waals surface area contributed by atoms with Crippen LogP contribution in [0.1, 0.15) is 30.9 Å². The summed E-state index contributed by atoms with van der Waals surface area (Å²) >= 11 is 0. The number of hydrogen-bond donors (Lipinski definition) is 0. The first-order valence-corrected chi connectivity index (χ1v) is 12.3. The molecular weight excluding hydrogens is 438 g/mol. The average molecular weight is 472 g/mol. The van der Waals surface area contributed by atoms with Gasteiger partial charge in [0.1, 0.15) is 0 Å². The Hall–Kier alpha value is -3.45. The van der Waals surface area contributed by atoms with Crippen molar-refractivity contribution in [1.82, 2.24) is 19.6 Å². The predicted octanol–water partition coefficient (Wildman–Crippen LogP) is 4.41. The molecule has 182 valence electrons. The van der Waals surface area contributed by atoms with Crippen LogP contribution in [-0.2, 0) is 11.3 Å². The highest BCUT2D eigenvalue weighted by atomic mass is 16.2. The Balaban J connectivity index is 1.13. The van der Waals surface area contributed by atoms with Gasteiger partial charge in [-0.1, -0.05) is 48.5 Å². The van der Waals surface area contributed by atoms with Crippen molar-refractivity contribution in [2.45, 2.75) is 33.2 Å². The van der Waals surface area contributed by atoms with E-state index >= 15 is 0 Å². The van der Waals surface area contributed by atoms with Crippen molar-refractivity contribution in [2.24, 2.45) is 5.41 Å². The number of aryl methyl sites for hydroxylation is 1. The normalized spacial score (nSPS) is 17.3. The van der Waals surface area contributed by atoms with E-state index in [4.69, 9.17) is 0 Å². The van der Waals surface area contributed by atoms with Crippen LogP contribution in [-0.4, -0.2) is 64.7 Å². The standard InChI is InChI=1S/C28H33N5O2/c1-21-15-24(23-7-5-4-6-8-23)9-10-25(21)17-31-19-28(20-31)11-13-32(14-12-28)27(35)33-18-26(16-29-33)30(3)22(2)34/h4-10,15-16,18H,11-14,17,19-20H2,1-3H3. The highest BCUT2D eigenvalue weighted by Gasteiger charge is 2.45. The molecule has 0 saturated carbocycles. The molecule has 0 N–H and O–H groups in total. The quantitative estimate of drug-likeness (QED) is 0.566. The first kappa shape index (κ1) is 23.3. The number of carbonyl (C=O) groups is 2. The number of nitrogens with zero attached hydrogens (tertiary/aromatic N) is 5. The van der Waals surface area contributed by atoms with Crippen LogP contribution in [0.5, 0.6) is 0 Å². The minimum atomic E-state index is -0.117. The smallest absolute Gasteiger partial charge is 0.323 e. The summed E-state index contributed by atoms with van der Waals surface area (Å²) in [5.41, 5.74) is 6.18. The Labute approximate surface area is 206 Å². The number of amides is 2. The SMILES string of the molecule is CC(=O)N(C)c1cnn(C(=O)N2CCC3(CC2)CN(Cc2ccc(-c4ccccc4)cc2C)C3)c1. The fourth-order valence-electron chi connectivity index (χ4n) is 5.34. The number of rotatable bonds is 4. The number of piperidine rings is 1. The number of benzene rings is 2. The van der Waals surface area contributed by atoms with Crippen molar-refractivity contribution in [3.05, 3.63) is 72.1 Å². The Morgan fingerprint density at radius 3 is 2.40 bits per heavy atom. The summed E-state index contributed by atoms with van der Waals surface area (Å²) in [6, 6.07) is 17.2. The van der Waals surface area contributed by atoms with Gasteiger partial charge < -0.3 is 9.80 Å². The first-order chi connectivity index (χ1) is 16.8. The second-order valence-electron chi connectivity index (χ2n) is 10.1. The van der Waals surface area contributed by atoms with Gasteiger partial charge in [0.05, 0.1) is 18.1 Å². The highest BCUT2D eigenvalue weighted by Crippen LogP contribution is 2.41. The van der Waals surface area contributed by atoms with Crippen molar-refractivity contribution in [1.29, 1.82) is 0 Å². The molecule has 2 aromatic carbocycles. The molecule has 5 rings (SSSR count). The lowest BCUT2D eigenvalue weighted by Crippen LogP contribution is -2.60. The molecule has 3 aromatic rings. The van der Waals surface area contributed by atoms with Gasteiger partial charge in [-0.25, -0.2) is 4.79 Å². The van der Waals surface area contributed by atoms with Crippen molar-refractivity contribution in [3.8, 4) is 11.1 Å². The summed E-state index contributed by atoms with van der Waals surface area (Å²) in [5, 5.41) is 4.18. The maximum Gasteiger partial charge on any atom is 0.344 e. The highest BCUT2D eigenvalue weighted by molar-refractivity contribution is 5.91. The number of hydrogen-bond acceptors (Lipinski definition) is 4. The van der Waals surface area contributed by atoms with E-state index < -0.39 is 0 Å². The van der Waals surface area contributed by atoms with Crippen LogP contribution in [0.2, 0.25) is 0 Å². The molecule has 1 aromatic heterocycles. The third-order valence-electron chi connectivity index (χ3n) is 7.68. The van der Waals surface area contributed by atoms with E-state index in [2.05, 4.69) is 59.4 Å². The van der Waals surface area contributed by atoms with Gasteiger partial charge in [0.15, 0.2) is 0 Å². The zero-order valence-corrected chi connectivity index (χ0v) is 20.8. The van der Waals surface area contributed by atoms with Crippen LogP contribution >= 0.6 is 0 Å². The molecule has 7 nitrogen and oxygen atoms in total. The molecule has 0 radical (unpaired) electrons. The van der Waals surface area contributed by atoms with Crippen LogP contribution in [0.25, 0.3) is 11.1 Å². The Bertz CT molecular complexity index is 1220. The molecule has 7 heteroatoms. The third kappa shape index (κ3) is 4.73. The van der Waals surface area contributed by atoms with Gasteiger partial charge in [0.2, 0.25) is 5.91 Å². The molecular formula is C28H33N5O2. The van der Waals surface area contributed by atoms with Crippen molar-refractivity contribution in [3.63, 3.8) is 0 Å². The molecule has 2 saturated heterocycles. The van der Waals surface area contributed by atoms with Crippen molar-refractivity contribution < 1.29 is 9.59 Å². The minimum Gasteiger partial charge on any atom is -0.323 e. The Kier molecular flexibility index (Phi) is 6.19. The van der Waals surface area contributed by atoms with Gasteiger partial charge in [-0.3, -0.25) is 9.69 Å². The monoisotopic (exact) mass is 471 g/mol. The van der Waals surface area contributed by atoms with Crippen LogP contribution in [0.3, 0.4) is 0 Å². The zero-order chi connectivity index (χ0) is 24.6. The van der Waals surface area contributed by atoms with Gasteiger partial charge in [0.25, 0.3) is 0 Å². The summed E-state index contributed by atoms with van der Waals surface area (Å²) < 4.78 is 1.35. The fourth-order valence-corrected chi connectivity index (χ4v) is 5.34. The van der Waals surface area contributed by atoms with E-state index in [1.165, 1.54) is 38.8 Å². The summed E-state index contributed by atoms with van der Waals surface area (Å²) in [7, 11) is 1.68.